The summed E-state index contributed by atoms with van der Waals surface area (Å²) in [5, 5.41) is 0. The monoisotopic (exact) mass is 628 g/mol. The number of hydrogen-bond donors (Lipinski definition) is 0. The first-order valence-corrected chi connectivity index (χ1v) is 16.7. The van der Waals surface area contributed by atoms with Crippen molar-refractivity contribution in [2.75, 3.05) is 62.4 Å². The molecule has 0 spiro atoms. The molecule has 3 aromatic carbocycles. The summed E-state index contributed by atoms with van der Waals surface area (Å²) in [5.74, 6) is 3.31. The molecule has 246 valence electrons. The average molecular weight is 629 g/mol. The molecule has 4 aliphatic rings. The minimum Gasteiger partial charge on any atom is -0.457 e. The van der Waals surface area contributed by atoms with Gasteiger partial charge in [0.15, 0.2) is 0 Å². The molecule has 0 amide bonds. The van der Waals surface area contributed by atoms with Gasteiger partial charge in [0, 0.05) is 48.7 Å². The number of hydrogen-bond acceptors (Lipinski definition) is 8. The number of benzene rings is 3. The van der Waals surface area contributed by atoms with Gasteiger partial charge in [0.1, 0.15) is 23.0 Å². The Kier molecular flexibility index (Phi) is 8.42. The molecular weight excluding hydrogens is 580 g/mol. The number of nitrogens with zero attached hydrogens (tertiary/aromatic N) is 2. The predicted octanol–water partition coefficient (Wildman–Crippen LogP) is 7.07. The van der Waals surface area contributed by atoms with Crippen LogP contribution in [-0.4, -0.2) is 77.0 Å². The summed E-state index contributed by atoms with van der Waals surface area (Å²) >= 11 is 0. The second-order valence-corrected chi connectivity index (χ2v) is 15.2. The van der Waals surface area contributed by atoms with Crippen LogP contribution in [0.4, 0.5) is 11.4 Å². The van der Waals surface area contributed by atoms with Crippen molar-refractivity contribution in [3.05, 3.63) is 71.8 Å². The van der Waals surface area contributed by atoms with Crippen molar-refractivity contribution in [1.29, 1.82) is 0 Å². The topological polar surface area (TPSA) is 75.1 Å². The second kappa shape index (κ2) is 12.4. The van der Waals surface area contributed by atoms with Crippen molar-refractivity contribution in [2.24, 2.45) is 0 Å². The molecular formula is C38H48N2O6. The van der Waals surface area contributed by atoms with Crippen LogP contribution in [0.1, 0.15) is 52.7 Å². The molecule has 4 unspecified atom stereocenters. The van der Waals surface area contributed by atoms with Gasteiger partial charge in [-0.05, 0) is 71.5 Å². The molecule has 8 heteroatoms. The summed E-state index contributed by atoms with van der Waals surface area (Å²) in [5.41, 5.74) is 4.16. The van der Waals surface area contributed by atoms with E-state index < -0.39 is 0 Å². The fraction of sp³-hybridized carbons (Fsp3) is 0.526. The number of rotatable bonds is 14. The zero-order chi connectivity index (χ0) is 32.1. The van der Waals surface area contributed by atoms with Gasteiger partial charge in [0.25, 0.3) is 0 Å². The minimum absolute atomic E-state index is 0.171. The molecule has 0 saturated carbocycles. The maximum Gasteiger partial charge on any atom is 0.131 e. The molecule has 3 aromatic rings. The number of epoxide rings is 4. The van der Waals surface area contributed by atoms with Gasteiger partial charge < -0.3 is 38.2 Å². The smallest absolute Gasteiger partial charge is 0.131 e. The average Bonchev–Trinajstić information content (AvgIpc) is 3.81. The Balaban J connectivity index is 1.12. The second-order valence-electron chi connectivity index (χ2n) is 15.2. The predicted molar refractivity (Wildman–Crippen MR) is 180 cm³/mol. The lowest BCUT2D eigenvalue weighted by Crippen LogP contribution is -2.31. The van der Waals surface area contributed by atoms with E-state index >= 15 is 0 Å². The molecule has 4 atom stereocenters. The largest absolute Gasteiger partial charge is 0.457 e. The lowest BCUT2D eigenvalue weighted by atomic mass is 9.81. The highest BCUT2D eigenvalue weighted by Crippen LogP contribution is 2.44. The fourth-order valence-corrected chi connectivity index (χ4v) is 5.85. The van der Waals surface area contributed by atoms with Gasteiger partial charge in [-0.2, -0.15) is 0 Å². The van der Waals surface area contributed by atoms with Crippen molar-refractivity contribution in [3.8, 4) is 23.0 Å². The van der Waals surface area contributed by atoms with E-state index in [1.165, 1.54) is 0 Å². The summed E-state index contributed by atoms with van der Waals surface area (Å²) in [4.78, 5) is 4.72. The van der Waals surface area contributed by atoms with Crippen LogP contribution in [0.2, 0.25) is 0 Å². The van der Waals surface area contributed by atoms with Crippen LogP contribution < -0.4 is 19.3 Å². The Morgan fingerprint density at radius 1 is 0.522 bits per heavy atom. The Morgan fingerprint density at radius 2 is 0.804 bits per heavy atom. The molecule has 4 fully saturated rings. The normalized spacial score (nSPS) is 23.1. The zero-order valence-corrected chi connectivity index (χ0v) is 28.1. The highest BCUT2D eigenvalue weighted by Gasteiger charge is 2.33. The van der Waals surface area contributed by atoms with Crippen molar-refractivity contribution in [2.45, 2.75) is 76.8 Å². The van der Waals surface area contributed by atoms with Crippen LogP contribution in [0.5, 0.6) is 23.0 Å². The van der Waals surface area contributed by atoms with Crippen LogP contribution in [0.3, 0.4) is 0 Å². The van der Waals surface area contributed by atoms with Crippen molar-refractivity contribution >= 4 is 11.4 Å². The third kappa shape index (κ3) is 8.15. The number of ether oxygens (including phenoxy) is 6. The molecule has 46 heavy (non-hydrogen) atoms. The summed E-state index contributed by atoms with van der Waals surface area (Å²) in [6.45, 7) is 20.2. The van der Waals surface area contributed by atoms with Crippen LogP contribution in [0.15, 0.2) is 60.7 Å². The Hall–Kier alpha value is -3.30. The third-order valence-electron chi connectivity index (χ3n) is 8.86. The van der Waals surface area contributed by atoms with E-state index in [1.807, 2.05) is 0 Å². The Labute approximate surface area is 273 Å². The molecule has 8 nitrogen and oxygen atoms in total. The van der Waals surface area contributed by atoms with E-state index in [0.717, 1.165) is 98.1 Å². The molecule has 0 aromatic heterocycles. The highest BCUT2D eigenvalue weighted by atomic mass is 16.6. The van der Waals surface area contributed by atoms with Crippen LogP contribution >= 0.6 is 0 Å². The minimum atomic E-state index is -0.171. The lowest BCUT2D eigenvalue weighted by molar-refractivity contribution is 0.388. The van der Waals surface area contributed by atoms with Crippen LogP contribution in [0.25, 0.3) is 0 Å². The fourth-order valence-electron chi connectivity index (χ4n) is 5.85. The molecule has 0 N–H and O–H groups in total. The molecule has 4 aliphatic heterocycles. The van der Waals surface area contributed by atoms with Gasteiger partial charge in [-0.25, -0.2) is 0 Å². The lowest BCUT2D eigenvalue weighted by Gasteiger charge is -2.29. The first-order chi connectivity index (χ1) is 22.0. The first kappa shape index (κ1) is 31.3. The highest BCUT2D eigenvalue weighted by molar-refractivity contribution is 5.56. The molecule has 4 saturated heterocycles. The van der Waals surface area contributed by atoms with E-state index in [4.69, 9.17) is 28.4 Å². The summed E-state index contributed by atoms with van der Waals surface area (Å²) in [7, 11) is 0. The molecule has 4 heterocycles. The van der Waals surface area contributed by atoms with Crippen molar-refractivity contribution in [3.63, 3.8) is 0 Å². The van der Waals surface area contributed by atoms with E-state index in [0.29, 0.717) is 24.4 Å². The third-order valence-corrected chi connectivity index (χ3v) is 8.86. The van der Waals surface area contributed by atoms with Gasteiger partial charge >= 0.3 is 0 Å². The van der Waals surface area contributed by atoms with E-state index in [2.05, 4.69) is 112 Å². The molecule has 0 radical (unpaired) electrons. The van der Waals surface area contributed by atoms with Gasteiger partial charge in [-0.1, -0.05) is 41.5 Å². The maximum absolute atomic E-state index is 6.66. The van der Waals surface area contributed by atoms with E-state index in [9.17, 15) is 0 Å². The summed E-state index contributed by atoms with van der Waals surface area (Å²) in [6.07, 6.45) is 1.27. The van der Waals surface area contributed by atoms with Gasteiger partial charge in [-0.3, -0.25) is 0 Å². The maximum atomic E-state index is 6.66. The van der Waals surface area contributed by atoms with Crippen molar-refractivity contribution < 1.29 is 28.4 Å². The SMILES string of the molecule is CC(C)(C)c1cc(Oc2ccc(N(CC3CO3)CC3CO3)cc2)c(C(C)(C)C)cc1Oc1ccc(N(CC2CO2)CC2CO2)cc1. The summed E-state index contributed by atoms with van der Waals surface area (Å²) in [6, 6.07) is 21.1. The first-order valence-electron chi connectivity index (χ1n) is 16.7. The molecule has 0 aliphatic carbocycles. The zero-order valence-electron chi connectivity index (χ0n) is 28.1. The summed E-state index contributed by atoms with van der Waals surface area (Å²) < 4.78 is 35.4. The Bertz CT molecular complexity index is 1350. The Morgan fingerprint density at radius 3 is 1.04 bits per heavy atom. The van der Waals surface area contributed by atoms with Crippen LogP contribution in [-0.2, 0) is 29.8 Å². The van der Waals surface area contributed by atoms with Gasteiger partial charge in [-0.15, -0.1) is 0 Å². The van der Waals surface area contributed by atoms with E-state index in [1.54, 1.807) is 0 Å². The molecule has 0 bridgehead atoms. The van der Waals surface area contributed by atoms with E-state index in [-0.39, 0.29) is 10.8 Å². The van der Waals surface area contributed by atoms with Gasteiger partial charge in [0.2, 0.25) is 0 Å². The quantitative estimate of drug-likeness (QED) is 0.176. The number of anilines is 2. The van der Waals surface area contributed by atoms with Crippen LogP contribution in [0, 0.1) is 0 Å². The standard InChI is InChI=1S/C38H48N2O6/c1-37(2,3)33-15-36(46-28-13-9-26(10-14-28)40(19-31-23-43-31)20-32-24-44-32)34(38(4,5)6)16-35(33)45-27-11-7-25(8-12-27)39(17-29-21-41-29)18-30-22-42-30/h7-16,29-32H,17-24H2,1-6H3. The van der Waals surface area contributed by atoms with Gasteiger partial charge in [0.05, 0.1) is 50.8 Å². The molecule has 7 rings (SSSR count). The van der Waals surface area contributed by atoms with Crippen molar-refractivity contribution in [1.82, 2.24) is 0 Å².